The molecule has 2 aliphatic heterocycles. The first-order valence-electron chi connectivity index (χ1n) is 18.6. The highest BCUT2D eigenvalue weighted by Gasteiger charge is 2.57. The summed E-state index contributed by atoms with van der Waals surface area (Å²) >= 11 is 6.95. The van der Waals surface area contributed by atoms with Gasteiger partial charge in [-0.25, -0.2) is 9.97 Å². The first kappa shape index (κ1) is 36.0. The molecule has 2 aliphatic carbocycles. The fraction of sp³-hybridized carbons (Fsp3) is 0.450. The van der Waals surface area contributed by atoms with Crippen molar-refractivity contribution in [3.63, 3.8) is 0 Å². The van der Waals surface area contributed by atoms with Gasteiger partial charge in [-0.3, -0.25) is 19.3 Å². The summed E-state index contributed by atoms with van der Waals surface area (Å²) in [6, 6.07) is 12.7. The Morgan fingerprint density at radius 3 is 2.07 bits per heavy atom. The Bertz CT molecular complexity index is 2240. The number of halogens is 1. The molecule has 0 radical (unpaired) electrons. The van der Waals surface area contributed by atoms with Crippen LogP contribution in [0, 0.1) is 22.2 Å². The van der Waals surface area contributed by atoms with Crippen LogP contribution in [-0.2, 0) is 44.8 Å². The number of hydrogen-bond donors (Lipinski definition) is 3. The van der Waals surface area contributed by atoms with Gasteiger partial charge in [0.05, 0.1) is 38.8 Å². The fourth-order valence-electron chi connectivity index (χ4n) is 9.39. The number of nitrogens with one attached hydrogen (secondary N) is 2. The molecule has 4 aliphatic rings. The third-order valence-electron chi connectivity index (χ3n) is 12.5. The minimum absolute atomic E-state index is 0.127. The standard InChI is InChI=1S/C40H44ClN9O4/c1-47-17-10-31-29(21-47)43-34(48(31)2)36(51)45-27-8-4-6-24(26(27)20-42)25-7-5-9-28(33(25)41)46-37(52)35-44-30-22-50(18-11-32(30)49(35)3)19-16-39-12-14-40(23-39,15-13-39)38(53)54/h4-9H,10-19,21-23H2,1-3H3,(H,45,51)(H,46,52)(H,53,54). The average molecular weight is 750 g/mol. The van der Waals surface area contributed by atoms with Crippen LogP contribution in [0.4, 0.5) is 11.4 Å². The highest BCUT2D eigenvalue weighted by atomic mass is 35.5. The zero-order valence-corrected chi connectivity index (χ0v) is 31.6. The number of imidazole rings is 2. The van der Waals surface area contributed by atoms with Crippen molar-refractivity contribution in [2.24, 2.45) is 24.9 Å². The predicted octanol–water partition coefficient (Wildman–Crippen LogP) is 5.62. The Labute approximate surface area is 318 Å². The van der Waals surface area contributed by atoms with Gasteiger partial charge in [0.15, 0.2) is 11.6 Å². The number of anilines is 2. The van der Waals surface area contributed by atoms with Gasteiger partial charge < -0.3 is 29.8 Å². The van der Waals surface area contributed by atoms with Gasteiger partial charge in [0.25, 0.3) is 11.8 Å². The van der Waals surface area contributed by atoms with E-state index in [1.54, 1.807) is 36.4 Å². The lowest BCUT2D eigenvalue weighted by atomic mass is 9.80. The van der Waals surface area contributed by atoms with Gasteiger partial charge in [0, 0.05) is 75.6 Å². The number of rotatable bonds is 9. The second-order valence-corrected chi connectivity index (χ2v) is 16.1. The molecule has 4 aromatic rings. The van der Waals surface area contributed by atoms with Crippen LogP contribution in [0.1, 0.15) is 88.1 Å². The summed E-state index contributed by atoms with van der Waals surface area (Å²) in [4.78, 5) is 53.1. The molecule has 2 aromatic carbocycles. The zero-order valence-electron chi connectivity index (χ0n) is 30.8. The second-order valence-electron chi connectivity index (χ2n) is 15.7. The van der Waals surface area contributed by atoms with Crippen molar-refractivity contribution in [3.05, 3.63) is 81.4 Å². The van der Waals surface area contributed by atoms with E-state index in [-0.39, 0.29) is 27.6 Å². The van der Waals surface area contributed by atoms with Gasteiger partial charge in [0.2, 0.25) is 0 Å². The number of carbonyl (C=O) groups is 3. The number of carbonyl (C=O) groups excluding carboxylic acids is 2. The van der Waals surface area contributed by atoms with E-state index in [1.807, 2.05) is 30.3 Å². The molecule has 3 N–H and O–H groups in total. The van der Waals surface area contributed by atoms with Crippen molar-refractivity contribution >= 4 is 40.8 Å². The van der Waals surface area contributed by atoms with E-state index in [0.717, 1.165) is 93.8 Å². The second kappa shape index (κ2) is 13.7. The molecule has 0 saturated heterocycles. The van der Waals surface area contributed by atoms with Crippen molar-refractivity contribution in [1.29, 1.82) is 5.26 Å². The summed E-state index contributed by atoms with van der Waals surface area (Å²) in [5, 5.41) is 26.2. The van der Waals surface area contributed by atoms with Crippen LogP contribution in [0.3, 0.4) is 0 Å². The van der Waals surface area contributed by atoms with Crippen molar-refractivity contribution in [3.8, 4) is 17.2 Å². The van der Waals surface area contributed by atoms with Crippen molar-refractivity contribution in [1.82, 2.24) is 28.9 Å². The average Bonchev–Trinajstić information content (AvgIpc) is 3.91. The fourth-order valence-corrected chi connectivity index (χ4v) is 9.66. The van der Waals surface area contributed by atoms with Crippen LogP contribution >= 0.6 is 11.6 Å². The summed E-state index contributed by atoms with van der Waals surface area (Å²) in [6.45, 7) is 3.92. The molecule has 0 atom stereocenters. The molecule has 54 heavy (non-hydrogen) atoms. The number of carboxylic acids is 1. The minimum atomic E-state index is -0.633. The van der Waals surface area contributed by atoms with Gasteiger partial charge >= 0.3 is 5.97 Å². The molecule has 14 heteroatoms. The number of amides is 2. The number of hydrogen-bond acceptors (Lipinski definition) is 8. The molecule has 280 valence electrons. The van der Waals surface area contributed by atoms with Crippen LogP contribution in [0.25, 0.3) is 11.1 Å². The lowest BCUT2D eigenvalue weighted by molar-refractivity contribution is -0.148. The van der Waals surface area contributed by atoms with E-state index in [2.05, 4.69) is 31.5 Å². The maximum Gasteiger partial charge on any atom is 0.309 e. The van der Waals surface area contributed by atoms with Gasteiger partial charge in [-0.1, -0.05) is 35.9 Å². The Balaban J connectivity index is 0.966. The number of nitrogens with zero attached hydrogens (tertiary/aromatic N) is 7. The van der Waals surface area contributed by atoms with E-state index in [0.29, 0.717) is 35.6 Å². The van der Waals surface area contributed by atoms with Crippen molar-refractivity contribution in [2.75, 3.05) is 37.3 Å². The molecule has 13 nitrogen and oxygen atoms in total. The van der Waals surface area contributed by atoms with E-state index in [9.17, 15) is 24.8 Å². The summed E-state index contributed by atoms with van der Waals surface area (Å²) in [5.74, 6) is -0.882. The number of aromatic nitrogens is 4. The number of likely N-dealkylation sites (N-methyl/N-ethyl adjacent to an activating group) is 1. The molecule has 2 bridgehead atoms. The third-order valence-corrected chi connectivity index (χ3v) is 12.9. The van der Waals surface area contributed by atoms with E-state index < -0.39 is 23.2 Å². The van der Waals surface area contributed by atoms with Crippen LogP contribution in [-0.4, -0.2) is 78.5 Å². The summed E-state index contributed by atoms with van der Waals surface area (Å²) in [7, 11) is 5.71. The Morgan fingerprint density at radius 1 is 0.852 bits per heavy atom. The topological polar surface area (TPSA) is 161 Å². The summed E-state index contributed by atoms with van der Waals surface area (Å²) < 4.78 is 3.67. The van der Waals surface area contributed by atoms with Crippen LogP contribution < -0.4 is 10.6 Å². The third kappa shape index (κ3) is 6.16. The van der Waals surface area contributed by atoms with Gasteiger partial charge in [-0.2, -0.15) is 5.26 Å². The molecule has 2 fully saturated rings. The van der Waals surface area contributed by atoms with Gasteiger partial charge in [-0.15, -0.1) is 0 Å². The molecule has 0 unspecified atom stereocenters. The molecular formula is C40H44ClN9O4. The molecular weight excluding hydrogens is 706 g/mol. The lowest BCUT2D eigenvalue weighted by Gasteiger charge is -2.32. The number of nitriles is 1. The highest BCUT2D eigenvalue weighted by Crippen LogP contribution is 2.63. The zero-order chi connectivity index (χ0) is 37.9. The summed E-state index contributed by atoms with van der Waals surface area (Å²) in [6.07, 6.45) is 6.88. The molecule has 4 heterocycles. The largest absolute Gasteiger partial charge is 0.481 e. The van der Waals surface area contributed by atoms with E-state index in [4.69, 9.17) is 16.6 Å². The molecule has 0 spiro atoms. The van der Waals surface area contributed by atoms with Gasteiger partial charge in [0.1, 0.15) is 6.07 Å². The normalized spacial score (nSPS) is 22.1. The van der Waals surface area contributed by atoms with Crippen LogP contribution in [0.15, 0.2) is 36.4 Å². The molecule has 2 saturated carbocycles. The number of benzene rings is 2. The first-order valence-corrected chi connectivity index (χ1v) is 19.0. The SMILES string of the molecule is CN1CCc2c(nc(C(=O)Nc3cccc(-c4cccc(NC(=O)c5nc6c(n5C)CCN(CCC57CCC(C(=O)O)(CC5)C7)C6)c4Cl)c3C#N)n2C)C1. The quantitative estimate of drug-likeness (QED) is 0.197. The molecule has 2 amide bonds. The number of carboxylic acid groups (broad SMARTS) is 1. The predicted molar refractivity (Wildman–Crippen MR) is 203 cm³/mol. The van der Waals surface area contributed by atoms with Crippen molar-refractivity contribution < 1.29 is 19.5 Å². The Hall–Kier alpha value is -5.03. The Kier molecular flexibility index (Phi) is 9.11. The smallest absolute Gasteiger partial charge is 0.309 e. The van der Waals surface area contributed by atoms with Crippen LogP contribution in [0.2, 0.25) is 5.02 Å². The van der Waals surface area contributed by atoms with Gasteiger partial charge in [-0.05, 0) is 69.7 Å². The lowest BCUT2D eigenvalue weighted by Crippen LogP contribution is -2.34. The van der Waals surface area contributed by atoms with E-state index in [1.165, 1.54) is 0 Å². The van der Waals surface area contributed by atoms with Crippen molar-refractivity contribution in [2.45, 2.75) is 64.5 Å². The first-order chi connectivity index (χ1) is 25.9. The minimum Gasteiger partial charge on any atom is -0.481 e. The monoisotopic (exact) mass is 749 g/mol. The molecule has 8 rings (SSSR count). The maximum absolute atomic E-state index is 13.7. The Morgan fingerprint density at radius 2 is 1.44 bits per heavy atom. The number of fused-ring (bicyclic) bond motifs is 4. The van der Waals surface area contributed by atoms with Crippen LogP contribution in [0.5, 0.6) is 0 Å². The number of aliphatic carboxylic acids is 1. The van der Waals surface area contributed by atoms with E-state index >= 15 is 0 Å². The highest BCUT2D eigenvalue weighted by molar-refractivity contribution is 6.36. The molecule has 2 aromatic heterocycles. The summed E-state index contributed by atoms with van der Waals surface area (Å²) in [5.41, 5.74) is 5.39. The maximum atomic E-state index is 13.7.